The summed E-state index contributed by atoms with van der Waals surface area (Å²) in [6.07, 6.45) is -4.59. The van der Waals surface area contributed by atoms with E-state index in [-0.39, 0.29) is 5.56 Å². The molecule has 0 aliphatic rings. The van der Waals surface area contributed by atoms with E-state index in [1.165, 1.54) is 0 Å². The van der Waals surface area contributed by atoms with Crippen molar-refractivity contribution in [3.8, 4) is 5.88 Å². The molecule has 0 saturated heterocycles. The summed E-state index contributed by atoms with van der Waals surface area (Å²) in [5.41, 5.74) is -1.73. The van der Waals surface area contributed by atoms with Crippen LogP contribution in [0.5, 0.6) is 5.88 Å². The summed E-state index contributed by atoms with van der Waals surface area (Å²) in [6, 6.07) is 0. The summed E-state index contributed by atoms with van der Waals surface area (Å²) in [5.74, 6) is -1.49. The van der Waals surface area contributed by atoms with E-state index in [4.69, 9.17) is 5.14 Å². The number of sulfonamides is 1. The van der Waals surface area contributed by atoms with Gasteiger partial charge < -0.3 is 4.74 Å². The Kier molecular flexibility index (Phi) is 3.67. The summed E-state index contributed by atoms with van der Waals surface area (Å²) in [5, 5.41) is 15.5. The van der Waals surface area contributed by atoms with Crippen LogP contribution < -0.4 is 9.88 Å². The molecular formula is C7H6F3N3O5S. The molecule has 0 atom stereocenters. The monoisotopic (exact) mass is 301 g/mol. The molecule has 0 aliphatic heterocycles. The Bertz CT molecular complexity index is 628. The van der Waals surface area contributed by atoms with Crippen LogP contribution in [0.4, 0.5) is 18.9 Å². The van der Waals surface area contributed by atoms with Crippen molar-refractivity contribution in [3.63, 3.8) is 0 Å². The summed E-state index contributed by atoms with van der Waals surface area (Å²) >= 11 is 0. The Hall–Kier alpha value is -1.95. The van der Waals surface area contributed by atoms with Gasteiger partial charge in [0.1, 0.15) is 0 Å². The second-order valence-corrected chi connectivity index (χ2v) is 4.77. The number of aryl methyl sites for hydroxylation is 1. The number of halogens is 3. The minimum absolute atomic E-state index is 0.274. The van der Waals surface area contributed by atoms with E-state index in [0.29, 0.717) is 6.20 Å². The third kappa shape index (κ3) is 3.51. The number of primary sulfonamides is 1. The van der Waals surface area contributed by atoms with Crippen LogP contribution in [-0.4, -0.2) is 24.7 Å². The minimum atomic E-state index is -5.26. The van der Waals surface area contributed by atoms with Gasteiger partial charge in [-0.2, -0.15) is 0 Å². The molecule has 1 aromatic heterocycles. The average Bonchev–Trinajstić information content (AvgIpc) is 2.15. The van der Waals surface area contributed by atoms with Crippen molar-refractivity contribution in [2.75, 3.05) is 0 Å². The second kappa shape index (κ2) is 4.62. The molecule has 0 radical (unpaired) electrons. The van der Waals surface area contributed by atoms with Gasteiger partial charge in [0.25, 0.3) is 0 Å². The molecule has 1 rings (SSSR count). The average molecular weight is 301 g/mol. The van der Waals surface area contributed by atoms with Gasteiger partial charge in [-0.25, -0.2) is 18.5 Å². The van der Waals surface area contributed by atoms with Crippen LogP contribution in [0.1, 0.15) is 5.56 Å². The quantitative estimate of drug-likeness (QED) is 0.651. The fourth-order valence-corrected chi connectivity index (χ4v) is 2.20. The fourth-order valence-electron chi connectivity index (χ4n) is 1.26. The van der Waals surface area contributed by atoms with Crippen molar-refractivity contribution in [1.82, 2.24) is 4.98 Å². The van der Waals surface area contributed by atoms with Crippen LogP contribution in [0.2, 0.25) is 0 Å². The SMILES string of the molecule is Cc1cnc(OC(F)(F)F)c([N+](=O)[O-])c1S(N)(=O)=O. The predicted molar refractivity (Wildman–Crippen MR) is 53.7 cm³/mol. The van der Waals surface area contributed by atoms with Crippen LogP contribution in [0.25, 0.3) is 0 Å². The normalized spacial score (nSPS) is 12.3. The first-order valence-electron chi connectivity index (χ1n) is 4.36. The van der Waals surface area contributed by atoms with Gasteiger partial charge >= 0.3 is 17.9 Å². The lowest BCUT2D eigenvalue weighted by Crippen LogP contribution is -2.21. The maximum atomic E-state index is 12.0. The lowest BCUT2D eigenvalue weighted by atomic mass is 10.3. The molecular weight excluding hydrogens is 295 g/mol. The Balaban J connectivity index is 3.65. The molecule has 0 amide bonds. The van der Waals surface area contributed by atoms with Gasteiger partial charge in [0, 0.05) is 6.20 Å². The first-order chi connectivity index (χ1) is 8.43. The van der Waals surface area contributed by atoms with E-state index in [2.05, 4.69) is 9.72 Å². The minimum Gasteiger partial charge on any atom is -0.381 e. The van der Waals surface area contributed by atoms with Crippen LogP contribution in [0.15, 0.2) is 11.1 Å². The number of pyridine rings is 1. The molecule has 0 fully saturated rings. The number of aromatic nitrogens is 1. The second-order valence-electron chi connectivity index (χ2n) is 3.27. The van der Waals surface area contributed by atoms with Crippen molar-refractivity contribution in [1.29, 1.82) is 0 Å². The topological polar surface area (TPSA) is 125 Å². The van der Waals surface area contributed by atoms with Gasteiger partial charge in [-0.1, -0.05) is 0 Å². The Morgan fingerprint density at radius 2 is 2.00 bits per heavy atom. The van der Waals surface area contributed by atoms with E-state index < -0.39 is 37.8 Å². The molecule has 0 spiro atoms. The van der Waals surface area contributed by atoms with Crippen molar-refractivity contribution >= 4 is 15.7 Å². The molecule has 0 aromatic carbocycles. The zero-order valence-electron chi connectivity index (χ0n) is 9.13. The zero-order valence-corrected chi connectivity index (χ0v) is 9.95. The number of hydrogen-bond acceptors (Lipinski definition) is 6. The van der Waals surface area contributed by atoms with E-state index in [9.17, 15) is 31.7 Å². The summed E-state index contributed by atoms with van der Waals surface area (Å²) in [6.45, 7) is 1.09. The standard InChI is InChI=1S/C7H6F3N3O5S/c1-3-2-12-6(18-7(8,9)10)4(13(14)15)5(3)19(11,16)17/h2H,1H3,(H2,11,16,17). The molecule has 1 heterocycles. The first-order valence-corrected chi connectivity index (χ1v) is 5.90. The Labute approximate surface area is 104 Å². The molecule has 0 aliphatic carbocycles. The number of alkyl halides is 3. The maximum Gasteiger partial charge on any atom is 0.574 e. The molecule has 2 N–H and O–H groups in total. The van der Waals surface area contributed by atoms with E-state index in [0.717, 1.165) is 6.92 Å². The van der Waals surface area contributed by atoms with Crippen molar-refractivity contribution in [2.24, 2.45) is 5.14 Å². The number of nitro groups is 1. The molecule has 12 heteroatoms. The number of nitrogens with two attached hydrogens (primary N) is 1. The third-order valence-electron chi connectivity index (χ3n) is 1.83. The van der Waals surface area contributed by atoms with E-state index >= 15 is 0 Å². The molecule has 0 unspecified atom stereocenters. The van der Waals surface area contributed by atoms with Gasteiger partial charge in [-0.15, -0.1) is 13.2 Å². The van der Waals surface area contributed by atoms with Gasteiger partial charge in [-0.05, 0) is 12.5 Å². The molecule has 1 aromatic rings. The lowest BCUT2D eigenvalue weighted by Gasteiger charge is -2.10. The van der Waals surface area contributed by atoms with Gasteiger partial charge in [-0.3, -0.25) is 10.1 Å². The summed E-state index contributed by atoms with van der Waals surface area (Å²) < 4.78 is 61.9. The number of ether oxygens (including phenoxy) is 1. The lowest BCUT2D eigenvalue weighted by molar-refractivity contribution is -0.392. The van der Waals surface area contributed by atoms with Crippen molar-refractivity contribution in [3.05, 3.63) is 21.9 Å². The van der Waals surface area contributed by atoms with Crippen LogP contribution >= 0.6 is 0 Å². The van der Waals surface area contributed by atoms with Gasteiger partial charge in [0.2, 0.25) is 10.0 Å². The van der Waals surface area contributed by atoms with Gasteiger partial charge in [0.05, 0.1) is 4.92 Å². The van der Waals surface area contributed by atoms with Crippen LogP contribution in [-0.2, 0) is 10.0 Å². The summed E-state index contributed by atoms with van der Waals surface area (Å²) in [7, 11) is -4.62. The molecule has 0 saturated carbocycles. The summed E-state index contributed by atoms with van der Waals surface area (Å²) in [4.78, 5) is 11.3. The van der Waals surface area contributed by atoms with Crippen molar-refractivity contribution < 1.29 is 31.2 Å². The van der Waals surface area contributed by atoms with Gasteiger partial charge in [0.15, 0.2) is 4.90 Å². The zero-order chi connectivity index (χ0) is 15.0. The Morgan fingerprint density at radius 3 is 2.37 bits per heavy atom. The molecule has 0 bridgehead atoms. The van der Waals surface area contributed by atoms with Crippen LogP contribution in [0, 0.1) is 17.0 Å². The van der Waals surface area contributed by atoms with E-state index in [1.807, 2.05) is 0 Å². The Morgan fingerprint density at radius 1 is 1.47 bits per heavy atom. The van der Waals surface area contributed by atoms with Crippen molar-refractivity contribution in [2.45, 2.75) is 18.2 Å². The number of nitrogens with zero attached hydrogens (tertiary/aromatic N) is 2. The third-order valence-corrected chi connectivity index (χ3v) is 2.92. The smallest absolute Gasteiger partial charge is 0.381 e. The van der Waals surface area contributed by atoms with E-state index in [1.54, 1.807) is 0 Å². The largest absolute Gasteiger partial charge is 0.574 e. The molecule has 8 nitrogen and oxygen atoms in total. The molecule has 19 heavy (non-hydrogen) atoms. The van der Waals surface area contributed by atoms with Crippen LogP contribution in [0.3, 0.4) is 0 Å². The predicted octanol–water partition coefficient (Wildman–Crippen LogP) is 0.844. The number of rotatable bonds is 3. The highest BCUT2D eigenvalue weighted by Crippen LogP contribution is 2.36. The maximum absolute atomic E-state index is 12.0. The highest BCUT2D eigenvalue weighted by atomic mass is 32.2. The molecule has 106 valence electrons. The highest BCUT2D eigenvalue weighted by molar-refractivity contribution is 7.89. The number of hydrogen-bond donors (Lipinski definition) is 1. The highest BCUT2D eigenvalue weighted by Gasteiger charge is 2.39. The fraction of sp³-hybridized carbons (Fsp3) is 0.286. The first kappa shape index (κ1) is 15.1.